The van der Waals surface area contributed by atoms with Gasteiger partial charge in [0.1, 0.15) is 18.6 Å². The van der Waals surface area contributed by atoms with Gasteiger partial charge in [0.25, 0.3) is 0 Å². The van der Waals surface area contributed by atoms with Crippen molar-refractivity contribution in [1.82, 2.24) is 16.0 Å². The van der Waals surface area contributed by atoms with Crippen LogP contribution in [-0.4, -0.2) is 63.9 Å². The molecule has 0 radical (unpaired) electrons. The molecule has 138 valence electrons. The van der Waals surface area contributed by atoms with E-state index in [1.807, 2.05) is 20.8 Å². The summed E-state index contributed by atoms with van der Waals surface area (Å²) in [6.45, 7) is 4.88. The maximum absolute atomic E-state index is 11.9. The molecule has 0 aromatic carbocycles. The van der Waals surface area contributed by atoms with E-state index in [0.29, 0.717) is 0 Å². The molecule has 2 amide bonds. The minimum Gasteiger partial charge on any atom is -0.480 e. The molecule has 2 atom stereocenters. The van der Waals surface area contributed by atoms with Crippen molar-refractivity contribution in [2.24, 2.45) is 0 Å². The normalized spacial score (nSPS) is 13.7. The summed E-state index contributed by atoms with van der Waals surface area (Å²) in [6.07, 6.45) is -0.0506. The van der Waals surface area contributed by atoms with Crippen molar-refractivity contribution in [3.05, 3.63) is 0 Å². The van der Waals surface area contributed by atoms with Gasteiger partial charge in [0.2, 0.25) is 11.8 Å². The Morgan fingerprint density at radius 2 is 1.67 bits per heavy atom. The third-order valence-electron chi connectivity index (χ3n) is 2.81. The second-order valence-electron chi connectivity index (χ2n) is 6.24. The minimum absolute atomic E-state index is 0.0141. The van der Waals surface area contributed by atoms with E-state index >= 15 is 0 Å². The summed E-state index contributed by atoms with van der Waals surface area (Å²) >= 11 is 3.94. The number of carboxylic acid groups (broad SMARTS) is 2. The zero-order chi connectivity index (χ0) is 18.9. The monoisotopic (exact) mass is 363 g/mol. The predicted molar refractivity (Wildman–Crippen MR) is 90.0 cm³/mol. The van der Waals surface area contributed by atoms with E-state index in [4.69, 9.17) is 10.2 Å². The van der Waals surface area contributed by atoms with Crippen molar-refractivity contribution in [2.45, 2.75) is 51.2 Å². The molecule has 5 N–H and O–H groups in total. The van der Waals surface area contributed by atoms with E-state index in [2.05, 4.69) is 28.6 Å². The quantitative estimate of drug-likeness (QED) is 0.279. The molecule has 0 aromatic rings. The molecule has 0 aliphatic carbocycles. The summed E-state index contributed by atoms with van der Waals surface area (Å²) in [5, 5.41) is 25.1. The lowest BCUT2D eigenvalue weighted by Crippen LogP contribution is -2.50. The van der Waals surface area contributed by atoms with E-state index in [1.165, 1.54) is 0 Å². The van der Waals surface area contributed by atoms with E-state index < -0.39 is 47.9 Å². The molecule has 9 nitrogen and oxygen atoms in total. The molecule has 24 heavy (non-hydrogen) atoms. The van der Waals surface area contributed by atoms with Gasteiger partial charge in [-0.25, -0.2) is 0 Å². The Labute approximate surface area is 146 Å². The van der Waals surface area contributed by atoms with Gasteiger partial charge in [0.05, 0.1) is 0 Å². The van der Waals surface area contributed by atoms with Crippen LogP contribution in [-0.2, 0) is 19.2 Å². The summed E-state index contributed by atoms with van der Waals surface area (Å²) in [5.74, 6) is -3.46. The van der Waals surface area contributed by atoms with Gasteiger partial charge in [-0.2, -0.15) is 12.6 Å². The molecular weight excluding hydrogens is 338 g/mol. The topological polar surface area (TPSA) is 145 Å². The summed E-state index contributed by atoms with van der Waals surface area (Å²) in [7, 11) is 0. The smallest absolute Gasteiger partial charge is 0.322 e. The second kappa shape index (κ2) is 10.1. The highest BCUT2D eigenvalue weighted by Gasteiger charge is 2.25. The van der Waals surface area contributed by atoms with Crippen LogP contribution >= 0.6 is 12.6 Å². The fraction of sp³-hybridized carbons (Fsp3) is 0.714. The average Bonchev–Trinajstić information content (AvgIpc) is 2.45. The van der Waals surface area contributed by atoms with Gasteiger partial charge < -0.3 is 20.8 Å². The van der Waals surface area contributed by atoms with Crippen LogP contribution < -0.4 is 16.0 Å². The lowest BCUT2D eigenvalue weighted by Gasteiger charge is -2.26. The van der Waals surface area contributed by atoms with Crippen LogP contribution in [0.3, 0.4) is 0 Å². The first-order chi connectivity index (χ1) is 11.0. The summed E-state index contributed by atoms with van der Waals surface area (Å²) in [4.78, 5) is 45.2. The van der Waals surface area contributed by atoms with Gasteiger partial charge in [0.15, 0.2) is 0 Å². The van der Waals surface area contributed by atoms with Crippen molar-refractivity contribution in [1.29, 1.82) is 0 Å². The number of amides is 2. The van der Waals surface area contributed by atoms with E-state index in [1.54, 1.807) is 0 Å². The molecule has 0 unspecified atom stereocenters. The van der Waals surface area contributed by atoms with Gasteiger partial charge in [-0.15, -0.1) is 0 Å². The standard InChI is InChI=1S/C14H25N3O6S/c1-14(2,3)17-8(13(22)23)4-5-10(18)16-9(7-24)12(21)15-6-11(19)20/h8-9,17,24H,4-7H2,1-3H3,(H,15,21)(H,16,18)(H,19,20)(H,22,23)/t8-,9-/m0/s1. The van der Waals surface area contributed by atoms with Gasteiger partial charge in [-0.05, 0) is 27.2 Å². The molecule has 0 rings (SSSR count). The molecule has 0 spiro atoms. The van der Waals surface area contributed by atoms with Crippen molar-refractivity contribution < 1.29 is 29.4 Å². The largest absolute Gasteiger partial charge is 0.480 e. The second-order valence-corrected chi connectivity index (χ2v) is 6.60. The Hall–Kier alpha value is -1.81. The molecular formula is C14H25N3O6S. The Morgan fingerprint density at radius 1 is 1.08 bits per heavy atom. The summed E-state index contributed by atoms with van der Waals surface area (Å²) < 4.78 is 0. The lowest BCUT2D eigenvalue weighted by molar-refractivity contribution is -0.140. The highest BCUT2D eigenvalue weighted by molar-refractivity contribution is 7.80. The molecule has 0 aromatic heterocycles. The molecule has 0 saturated carbocycles. The van der Waals surface area contributed by atoms with E-state index in [0.717, 1.165) is 0 Å². The Kier molecular flexibility index (Phi) is 9.37. The fourth-order valence-electron chi connectivity index (χ4n) is 1.80. The van der Waals surface area contributed by atoms with Crippen LogP contribution in [0.1, 0.15) is 33.6 Å². The van der Waals surface area contributed by atoms with Gasteiger partial charge in [-0.1, -0.05) is 0 Å². The third kappa shape index (κ3) is 10.1. The van der Waals surface area contributed by atoms with Crippen molar-refractivity contribution in [3.8, 4) is 0 Å². The van der Waals surface area contributed by atoms with Crippen LogP contribution in [0, 0.1) is 0 Å². The molecule has 0 heterocycles. The zero-order valence-corrected chi connectivity index (χ0v) is 14.9. The molecule has 10 heteroatoms. The first kappa shape index (κ1) is 22.2. The number of rotatable bonds is 10. The van der Waals surface area contributed by atoms with Crippen LogP contribution in [0.5, 0.6) is 0 Å². The van der Waals surface area contributed by atoms with E-state index in [-0.39, 0.29) is 18.6 Å². The Balaban J connectivity index is 4.50. The highest BCUT2D eigenvalue weighted by atomic mass is 32.1. The number of thiol groups is 1. The molecule has 0 saturated heterocycles. The highest BCUT2D eigenvalue weighted by Crippen LogP contribution is 2.06. The Morgan fingerprint density at radius 3 is 2.08 bits per heavy atom. The lowest BCUT2D eigenvalue weighted by atomic mass is 10.0. The summed E-state index contributed by atoms with van der Waals surface area (Å²) in [5.41, 5.74) is -0.427. The number of hydrogen-bond acceptors (Lipinski definition) is 6. The van der Waals surface area contributed by atoms with Crippen LogP contribution in [0.2, 0.25) is 0 Å². The average molecular weight is 363 g/mol. The van der Waals surface area contributed by atoms with Crippen molar-refractivity contribution in [2.75, 3.05) is 12.3 Å². The molecule has 0 aliphatic heterocycles. The van der Waals surface area contributed by atoms with Gasteiger partial charge in [-0.3, -0.25) is 24.5 Å². The van der Waals surface area contributed by atoms with E-state index in [9.17, 15) is 19.2 Å². The summed E-state index contributed by atoms with van der Waals surface area (Å²) in [6, 6.07) is -1.88. The number of aliphatic carboxylic acids is 2. The van der Waals surface area contributed by atoms with Gasteiger partial charge in [0, 0.05) is 17.7 Å². The van der Waals surface area contributed by atoms with Crippen molar-refractivity contribution >= 4 is 36.4 Å². The van der Waals surface area contributed by atoms with Crippen LogP contribution in [0.25, 0.3) is 0 Å². The molecule has 0 aliphatic rings. The number of hydrogen-bond donors (Lipinski definition) is 6. The van der Waals surface area contributed by atoms with Crippen LogP contribution in [0.4, 0.5) is 0 Å². The number of carbonyl (C=O) groups is 4. The molecule has 0 bridgehead atoms. The van der Waals surface area contributed by atoms with Gasteiger partial charge >= 0.3 is 11.9 Å². The number of nitrogens with one attached hydrogen (secondary N) is 3. The third-order valence-corrected chi connectivity index (χ3v) is 3.18. The fourth-order valence-corrected chi connectivity index (χ4v) is 2.06. The maximum atomic E-state index is 11.9. The first-order valence-corrected chi connectivity index (χ1v) is 7.99. The maximum Gasteiger partial charge on any atom is 0.322 e. The Bertz CT molecular complexity index is 478. The number of carboxylic acids is 2. The zero-order valence-electron chi connectivity index (χ0n) is 14.0. The first-order valence-electron chi connectivity index (χ1n) is 7.36. The predicted octanol–water partition coefficient (Wildman–Crippen LogP) is -0.777. The SMILES string of the molecule is CC(C)(C)N[C@@H](CCC(=O)N[C@@H](CS)C(=O)NCC(=O)O)C(=O)O. The molecule has 0 fully saturated rings. The number of carbonyl (C=O) groups excluding carboxylic acids is 2. The minimum atomic E-state index is -1.20. The van der Waals surface area contributed by atoms with Crippen LogP contribution in [0.15, 0.2) is 0 Å². The van der Waals surface area contributed by atoms with Crippen molar-refractivity contribution in [3.63, 3.8) is 0 Å².